The van der Waals surface area contributed by atoms with Crippen molar-refractivity contribution in [3.8, 4) is 0 Å². The molecule has 1 atom stereocenters. The molecule has 0 aromatic heterocycles. The van der Waals surface area contributed by atoms with E-state index in [0.717, 1.165) is 12.0 Å². The molecule has 0 saturated carbocycles. The second-order valence-electron chi connectivity index (χ2n) is 3.65. The Morgan fingerprint density at radius 1 is 1.50 bits per heavy atom. The van der Waals surface area contributed by atoms with E-state index in [-0.39, 0.29) is 5.78 Å². The number of carbonyl (C=O) groups excluding carboxylic acids is 2. The van der Waals surface area contributed by atoms with Crippen LogP contribution in [0.25, 0.3) is 0 Å². The van der Waals surface area contributed by atoms with Crippen LogP contribution in [0.2, 0.25) is 0 Å². The predicted octanol–water partition coefficient (Wildman–Crippen LogP) is 1.53. The van der Waals surface area contributed by atoms with Crippen LogP contribution in [0.15, 0.2) is 36.0 Å². The van der Waals surface area contributed by atoms with E-state index in [1.807, 2.05) is 30.4 Å². The Morgan fingerprint density at radius 2 is 2.25 bits per heavy atom. The van der Waals surface area contributed by atoms with Gasteiger partial charge in [0, 0.05) is 0 Å². The van der Waals surface area contributed by atoms with Crippen molar-refractivity contribution in [3.63, 3.8) is 0 Å². The fourth-order valence-corrected chi connectivity index (χ4v) is 1.49. The summed E-state index contributed by atoms with van der Waals surface area (Å²) in [5.74, 6) is -1.74. The maximum absolute atomic E-state index is 11.3. The smallest absolute Gasteiger partial charge is 0.254 e. The van der Waals surface area contributed by atoms with Gasteiger partial charge < -0.3 is 0 Å². The molecule has 1 aliphatic rings. The van der Waals surface area contributed by atoms with Crippen LogP contribution in [0.5, 0.6) is 0 Å². The number of rotatable bonds is 4. The van der Waals surface area contributed by atoms with E-state index in [9.17, 15) is 9.59 Å². The third-order valence-electron chi connectivity index (χ3n) is 2.41. The fourth-order valence-electron chi connectivity index (χ4n) is 1.49. The van der Waals surface area contributed by atoms with Crippen LogP contribution in [0.1, 0.15) is 19.8 Å². The van der Waals surface area contributed by atoms with Crippen molar-refractivity contribution in [3.05, 3.63) is 36.0 Å². The first-order valence-corrected chi connectivity index (χ1v) is 5.11. The quantitative estimate of drug-likeness (QED) is 0.430. The first kappa shape index (κ1) is 12.4. The fraction of sp³-hybridized carbons (Fsp3) is 0.333. The van der Waals surface area contributed by atoms with Crippen molar-refractivity contribution in [1.29, 1.82) is 0 Å². The first-order valence-electron chi connectivity index (χ1n) is 5.11. The highest BCUT2D eigenvalue weighted by atomic mass is 16.5. The second-order valence-corrected chi connectivity index (χ2v) is 3.65. The standard InChI is InChI=1S/C12H15NO3/c1-9(14)11(12(15)13-16)8-10-6-4-2-3-5-7-10/h2,4-7,11,16H,3,8H2,1H3,(H,13,15). The van der Waals surface area contributed by atoms with Gasteiger partial charge in [0.05, 0.1) is 0 Å². The molecule has 1 unspecified atom stereocenters. The first-order chi connectivity index (χ1) is 7.65. The van der Waals surface area contributed by atoms with Crippen LogP contribution in [-0.2, 0) is 9.59 Å². The van der Waals surface area contributed by atoms with Crippen LogP contribution in [0.4, 0.5) is 0 Å². The Morgan fingerprint density at radius 3 is 2.88 bits per heavy atom. The van der Waals surface area contributed by atoms with Crippen molar-refractivity contribution in [2.45, 2.75) is 19.8 Å². The molecule has 4 nitrogen and oxygen atoms in total. The lowest BCUT2D eigenvalue weighted by atomic mass is 9.95. The molecule has 0 heterocycles. The molecule has 0 saturated heterocycles. The van der Waals surface area contributed by atoms with Gasteiger partial charge in [-0.25, -0.2) is 5.48 Å². The van der Waals surface area contributed by atoms with Gasteiger partial charge in [0.2, 0.25) is 0 Å². The number of hydroxylamine groups is 1. The zero-order chi connectivity index (χ0) is 12.0. The summed E-state index contributed by atoms with van der Waals surface area (Å²) in [5, 5.41) is 8.54. The lowest BCUT2D eigenvalue weighted by Crippen LogP contribution is -2.32. The number of nitrogens with one attached hydrogen (secondary N) is 1. The predicted molar refractivity (Wildman–Crippen MR) is 59.7 cm³/mol. The van der Waals surface area contributed by atoms with Gasteiger partial charge >= 0.3 is 0 Å². The molecular formula is C12H15NO3. The summed E-state index contributed by atoms with van der Waals surface area (Å²) < 4.78 is 0. The van der Waals surface area contributed by atoms with Crippen molar-refractivity contribution in [1.82, 2.24) is 5.48 Å². The number of allylic oxidation sites excluding steroid dienone is 6. The Hall–Kier alpha value is -1.68. The lowest BCUT2D eigenvalue weighted by molar-refractivity contribution is -0.138. The minimum absolute atomic E-state index is 0.255. The van der Waals surface area contributed by atoms with Gasteiger partial charge in [0.25, 0.3) is 5.91 Å². The Bertz CT molecular complexity index is 366. The SMILES string of the molecule is CC(=O)C(CC1=CC=CCC=C1)C(=O)NO. The van der Waals surface area contributed by atoms with E-state index >= 15 is 0 Å². The Labute approximate surface area is 94.3 Å². The summed E-state index contributed by atoms with van der Waals surface area (Å²) in [7, 11) is 0. The van der Waals surface area contributed by atoms with Crippen molar-refractivity contribution < 1.29 is 14.8 Å². The van der Waals surface area contributed by atoms with Gasteiger partial charge in [0.15, 0.2) is 0 Å². The molecule has 0 aromatic rings. The summed E-state index contributed by atoms with van der Waals surface area (Å²) in [5.41, 5.74) is 2.42. The van der Waals surface area contributed by atoms with Gasteiger partial charge in [-0.2, -0.15) is 0 Å². The molecule has 4 heteroatoms. The molecule has 1 rings (SSSR count). The summed E-state index contributed by atoms with van der Waals surface area (Å²) in [6.45, 7) is 1.34. The Kier molecular flexibility index (Phi) is 4.66. The number of hydrogen-bond acceptors (Lipinski definition) is 3. The number of amides is 1. The minimum Gasteiger partial charge on any atom is -0.299 e. The number of ketones is 1. The van der Waals surface area contributed by atoms with E-state index in [1.165, 1.54) is 12.4 Å². The van der Waals surface area contributed by atoms with Gasteiger partial charge in [-0.1, -0.05) is 30.4 Å². The van der Waals surface area contributed by atoms with E-state index in [4.69, 9.17) is 5.21 Å². The van der Waals surface area contributed by atoms with Gasteiger partial charge in [-0.3, -0.25) is 14.8 Å². The molecule has 0 aliphatic heterocycles. The molecule has 1 aliphatic carbocycles. The highest BCUT2D eigenvalue weighted by Crippen LogP contribution is 2.16. The average Bonchev–Trinajstić information content (AvgIpc) is 2.52. The maximum Gasteiger partial charge on any atom is 0.254 e. The molecule has 86 valence electrons. The molecule has 16 heavy (non-hydrogen) atoms. The van der Waals surface area contributed by atoms with Crippen molar-refractivity contribution in [2.24, 2.45) is 5.92 Å². The molecule has 0 fully saturated rings. The Balaban J connectivity index is 2.75. The zero-order valence-corrected chi connectivity index (χ0v) is 9.14. The molecule has 1 amide bonds. The van der Waals surface area contributed by atoms with Crippen molar-refractivity contribution >= 4 is 11.7 Å². The van der Waals surface area contributed by atoms with Crippen molar-refractivity contribution in [2.75, 3.05) is 0 Å². The van der Waals surface area contributed by atoms with E-state index in [0.29, 0.717) is 6.42 Å². The van der Waals surface area contributed by atoms with Crippen LogP contribution in [-0.4, -0.2) is 16.9 Å². The minimum atomic E-state index is -0.826. The monoisotopic (exact) mass is 221 g/mol. The molecule has 0 bridgehead atoms. The number of carbonyl (C=O) groups is 2. The molecule has 0 radical (unpaired) electrons. The van der Waals surface area contributed by atoms with Crippen LogP contribution in [0, 0.1) is 5.92 Å². The zero-order valence-electron chi connectivity index (χ0n) is 9.14. The maximum atomic E-state index is 11.3. The third-order valence-corrected chi connectivity index (χ3v) is 2.41. The second kappa shape index (κ2) is 6.02. The van der Waals surface area contributed by atoms with E-state index < -0.39 is 11.8 Å². The third kappa shape index (κ3) is 3.47. The molecule has 0 spiro atoms. The van der Waals surface area contributed by atoms with E-state index in [2.05, 4.69) is 0 Å². The molecular weight excluding hydrogens is 206 g/mol. The highest BCUT2D eigenvalue weighted by molar-refractivity contribution is 6.00. The summed E-state index contributed by atoms with van der Waals surface area (Å²) >= 11 is 0. The lowest BCUT2D eigenvalue weighted by Gasteiger charge is -2.11. The number of Topliss-reactive ketones (excluding diaryl/α,β-unsaturated/α-hetero) is 1. The molecule has 0 aromatic carbocycles. The molecule has 2 N–H and O–H groups in total. The largest absolute Gasteiger partial charge is 0.299 e. The van der Waals surface area contributed by atoms with Gasteiger partial charge in [-0.05, 0) is 25.3 Å². The summed E-state index contributed by atoms with van der Waals surface area (Å²) in [6.07, 6.45) is 10.7. The summed E-state index contributed by atoms with van der Waals surface area (Å²) in [4.78, 5) is 22.5. The number of hydrogen-bond donors (Lipinski definition) is 2. The van der Waals surface area contributed by atoms with E-state index in [1.54, 1.807) is 0 Å². The average molecular weight is 221 g/mol. The van der Waals surface area contributed by atoms with Crippen LogP contribution in [0.3, 0.4) is 0 Å². The van der Waals surface area contributed by atoms with Crippen LogP contribution >= 0.6 is 0 Å². The summed E-state index contributed by atoms with van der Waals surface area (Å²) in [6, 6.07) is 0. The normalized spacial score (nSPS) is 16.2. The van der Waals surface area contributed by atoms with Gasteiger partial charge in [-0.15, -0.1) is 0 Å². The van der Waals surface area contributed by atoms with Gasteiger partial charge in [0.1, 0.15) is 11.7 Å². The highest BCUT2D eigenvalue weighted by Gasteiger charge is 2.23. The topological polar surface area (TPSA) is 66.4 Å². The van der Waals surface area contributed by atoms with Crippen LogP contribution < -0.4 is 5.48 Å².